The molecule has 1 heterocycles. The summed E-state index contributed by atoms with van der Waals surface area (Å²) >= 11 is 0. The number of hydrogen-bond donors (Lipinski definition) is 2. The smallest absolute Gasteiger partial charge is 0.254 e. The molecule has 0 radical (unpaired) electrons. The molecule has 3 rings (SSSR count). The van der Waals surface area contributed by atoms with Crippen LogP contribution in [-0.4, -0.2) is 51.4 Å². The van der Waals surface area contributed by atoms with E-state index in [0.29, 0.717) is 25.1 Å². The van der Waals surface area contributed by atoms with E-state index in [1.807, 2.05) is 24.8 Å². The number of amides is 1. The van der Waals surface area contributed by atoms with Gasteiger partial charge in [0.2, 0.25) is 10.0 Å². The Hall–Kier alpha value is -2.22. The molecule has 0 aliphatic carbocycles. The highest BCUT2D eigenvalue weighted by Gasteiger charge is 2.25. The summed E-state index contributed by atoms with van der Waals surface area (Å²) in [5.41, 5.74) is 1.84. The SMILES string of the molecule is CC[C@@H](C)NS(=O)(=O)c1ccc(C(=O)N2CC[NH+](Cc3ccccc3)CC2)cc1. The lowest BCUT2D eigenvalue weighted by molar-refractivity contribution is -0.917. The van der Waals surface area contributed by atoms with Gasteiger partial charge in [0.1, 0.15) is 6.54 Å². The summed E-state index contributed by atoms with van der Waals surface area (Å²) in [5, 5.41) is 0. The molecule has 1 fully saturated rings. The van der Waals surface area contributed by atoms with Gasteiger partial charge in [-0.3, -0.25) is 4.79 Å². The normalized spacial score (nSPS) is 16.6. The lowest BCUT2D eigenvalue weighted by Crippen LogP contribution is -3.13. The van der Waals surface area contributed by atoms with Gasteiger partial charge in [0.25, 0.3) is 5.91 Å². The van der Waals surface area contributed by atoms with Crippen LogP contribution in [0.3, 0.4) is 0 Å². The Morgan fingerprint density at radius 2 is 1.69 bits per heavy atom. The van der Waals surface area contributed by atoms with Crippen LogP contribution in [-0.2, 0) is 16.6 Å². The molecule has 29 heavy (non-hydrogen) atoms. The average molecular weight is 417 g/mol. The van der Waals surface area contributed by atoms with E-state index >= 15 is 0 Å². The first-order chi connectivity index (χ1) is 13.9. The summed E-state index contributed by atoms with van der Waals surface area (Å²) in [5.74, 6) is -0.0393. The van der Waals surface area contributed by atoms with Crippen molar-refractivity contribution in [3.63, 3.8) is 0 Å². The third kappa shape index (κ3) is 5.65. The molecule has 0 spiro atoms. The predicted octanol–water partition coefficient (Wildman–Crippen LogP) is 1.30. The summed E-state index contributed by atoms with van der Waals surface area (Å²) in [6, 6.07) is 16.5. The summed E-state index contributed by atoms with van der Waals surface area (Å²) in [6.45, 7) is 7.95. The highest BCUT2D eigenvalue weighted by Crippen LogP contribution is 2.13. The van der Waals surface area contributed by atoms with E-state index in [1.54, 1.807) is 12.1 Å². The highest BCUT2D eigenvalue weighted by molar-refractivity contribution is 7.89. The quantitative estimate of drug-likeness (QED) is 0.715. The highest BCUT2D eigenvalue weighted by atomic mass is 32.2. The Morgan fingerprint density at radius 3 is 2.28 bits per heavy atom. The Morgan fingerprint density at radius 1 is 1.07 bits per heavy atom. The third-order valence-electron chi connectivity index (χ3n) is 5.43. The van der Waals surface area contributed by atoms with E-state index in [0.717, 1.165) is 19.6 Å². The molecule has 2 aromatic rings. The lowest BCUT2D eigenvalue weighted by Gasteiger charge is -2.32. The molecule has 1 aliphatic heterocycles. The standard InChI is InChI=1S/C22H29N3O3S/c1-3-18(2)23-29(27,28)21-11-9-20(10-12-21)22(26)25-15-13-24(14-16-25)17-19-7-5-4-6-8-19/h4-12,18,23H,3,13-17H2,1-2H3/p+1/t18-/m1/s1. The van der Waals surface area contributed by atoms with E-state index in [4.69, 9.17) is 0 Å². The van der Waals surface area contributed by atoms with E-state index in [9.17, 15) is 13.2 Å². The van der Waals surface area contributed by atoms with Crippen molar-refractivity contribution >= 4 is 15.9 Å². The zero-order valence-corrected chi connectivity index (χ0v) is 17.9. The van der Waals surface area contributed by atoms with E-state index in [-0.39, 0.29) is 16.8 Å². The number of nitrogens with zero attached hydrogens (tertiary/aromatic N) is 1. The second-order valence-corrected chi connectivity index (χ2v) is 9.37. The van der Waals surface area contributed by atoms with Crippen LogP contribution in [0, 0.1) is 0 Å². The monoisotopic (exact) mass is 416 g/mol. The molecule has 1 atom stereocenters. The molecule has 0 saturated carbocycles. The van der Waals surface area contributed by atoms with Gasteiger partial charge >= 0.3 is 0 Å². The summed E-state index contributed by atoms with van der Waals surface area (Å²) < 4.78 is 27.4. The van der Waals surface area contributed by atoms with Crippen molar-refractivity contribution in [2.24, 2.45) is 0 Å². The molecule has 0 aromatic heterocycles. The van der Waals surface area contributed by atoms with Crippen molar-refractivity contribution in [1.29, 1.82) is 0 Å². The Labute approximate surface area is 173 Å². The van der Waals surface area contributed by atoms with Crippen LogP contribution in [0.15, 0.2) is 59.5 Å². The van der Waals surface area contributed by atoms with Crippen LogP contribution >= 0.6 is 0 Å². The molecule has 156 valence electrons. The van der Waals surface area contributed by atoms with Gasteiger partial charge in [-0.2, -0.15) is 0 Å². The molecular weight excluding hydrogens is 386 g/mol. The molecule has 1 amide bonds. The van der Waals surface area contributed by atoms with Crippen LogP contribution in [0.25, 0.3) is 0 Å². The maximum atomic E-state index is 12.8. The molecule has 0 bridgehead atoms. The van der Waals surface area contributed by atoms with Crippen LogP contribution in [0.1, 0.15) is 36.2 Å². The molecule has 1 saturated heterocycles. The van der Waals surface area contributed by atoms with Crippen molar-refractivity contribution in [1.82, 2.24) is 9.62 Å². The van der Waals surface area contributed by atoms with Crippen molar-refractivity contribution in [2.75, 3.05) is 26.2 Å². The molecule has 2 N–H and O–H groups in total. The van der Waals surface area contributed by atoms with Crippen molar-refractivity contribution < 1.29 is 18.1 Å². The van der Waals surface area contributed by atoms with Gasteiger partial charge in [0, 0.05) is 17.2 Å². The van der Waals surface area contributed by atoms with Crippen molar-refractivity contribution in [3.05, 3.63) is 65.7 Å². The fourth-order valence-corrected chi connectivity index (χ4v) is 4.79. The summed E-state index contributed by atoms with van der Waals surface area (Å²) in [6.07, 6.45) is 0.716. The largest absolute Gasteiger partial charge is 0.328 e. The van der Waals surface area contributed by atoms with Crippen LogP contribution in [0.4, 0.5) is 0 Å². The first kappa shape index (κ1) is 21.5. The Kier molecular flexibility index (Phi) is 7.05. The predicted molar refractivity (Wildman–Crippen MR) is 113 cm³/mol. The van der Waals surface area contributed by atoms with Gasteiger partial charge in [0.15, 0.2) is 0 Å². The molecular formula is C22H30N3O3S+. The first-order valence-electron chi connectivity index (χ1n) is 10.2. The van der Waals surface area contributed by atoms with E-state index < -0.39 is 10.0 Å². The minimum absolute atomic E-state index is 0.0393. The minimum Gasteiger partial charge on any atom is -0.328 e. The second-order valence-electron chi connectivity index (χ2n) is 7.66. The van der Waals surface area contributed by atoms with Gasteiger partial charge in [-0.05, 0) is 37.6 Å². The van der Waals surface area contributed by atoms with Gasteiger partial charge in [-0.1, -0.05) is 37.3 Å². The number of carbonyl (C=O) groups excluding carboxylic acids is 1. The van der Waals surface area contributed by atoms with Crippen LogP contribution < -0.4 is 9.62 Å². The van der Waals surface area contributed by atoms with Crippen molar-refractivity contribution in [3.8, 4) is 0 Å². The molecule has 1 aliphatic rings. The number of hydrogen-bond acceptors (Lipinski definition) is 3. The second kappa shape index (κ2) is 9.52. The number of quaternary nitrogens is 1. The van der Waals surface area contributed by atoms with E-state index in [2.05, 4.69) is 29.0 Å². The van der Waals surface area contributed by atoms with Gasteiger partial charge in [-0.15, -0.1) is 0 Å². The fraction of sp³-hybridized carbons (Fsp3) is 0.409. The third-order valence-corrected chi connectivity index (χ3v) is 7.04. The van der Waals surface area contributed by atoms with Crippen molar-refractivity contribution in [2.45, 2.75) is 37.8 Å². The minimum atomic E-state index is -3.55. The fourth-order valence-electron chi connectivity index (χ4n) is 3.46. The molecule has 7 heteroatoms. The Bertz CT molecular complexity index is 906. The molecule has 0 unspecified atom stereocenters. The maximum absolute atomic E-state index is 12.8. The first-order valence-corrected chi connectivity index (χ1v) is 11.7. The lowest BCUT2D eigenvalue weighted by atomic mass is 10.1. The zero-order chi connectivity index (χ0) is 20.9. The number of benzene rings is 2. The van der Waals surface area contributed by atoms with Crippen LogP contribution in [0.2, 0.25) is 0 Å². The maximum Gasteiger partial charge on any atom is 0.254 e. The topological polar surface area (TPSA) is 70.9 Å². The number of nitrogens with one attached hydrogen (secondary N) is 2. The van der Waals surface area contributed by atoms with Crippen LogP contribution in [0.5, 0.6) is 0 Å². The number of rotatable bonds is 7. The number of piperazine rings is 1. The summed E-state index contributed by atoms with van der Waals surface area (Å²) in [7, 11) is -3.55. The van der Waals surface area contributed by atoms with E-state index in [1.165, 1.54) is 22.6 Å². The molecule has 6 nitrogen and oxygen atoms in total. The van der Waals surface area contributed by atoms with Gasteiger partial charge in [-0.25, -0.2) is 13.1 Å². The molecule has 2 aromatic carbocycles. The zero-order valence-electron chi connectivity index (χ0n) is 17.1. The Balaban J connectivity index is 1.57. The van der Waals surface area contributed by atoms with Gasteiger partial charge < -0.3 is 9.80 Å². The summed E-state index contributed by atoms with van der Waals surface area (Å²) in [4.78, 5) is 16.3. The average Bonchev–Trinajstić information content (AvgIpc) is 2.74. The number of carbonyl (C=O) groups is 1. The van der Waals surface area contributed by atoms with Gasteiger partial charge in [0.05, 0.1) is 31.1 Å². The number of sulfonamides is 1.